The molecule has 0 aliphatic rings. The second kappa shape index (κ2) is 9.54. The summed E-state index contributed by atoms with van der Waals surface area (Å²) in [6.07, 6.45) is 6.06. The number of aromatic nitrogens is 1. The molecule has 116 valence electrons. The number of thiol groups is 2. The summed E-state index contributed by atoms with van der Waals surface area (Å²) in [5.41, 5.74) is 0.387. The van der Waals surface area contributed by atoms with Crippen molar-refractivity contribution in [2.75, 3.05) is 0 Å². The predicted molar refractivity (Wildman–Crippen MR) is 94.9 cm³/mol. The monoisotopic (exact) mass is 343 g/mol. The van der Waals surface area contributed by atoms with Crippen molar-refractivity contribution in [2.45, 2.75) is 56.1 Å². The Balaban J connectivity index is 2.73. The van der Waals surface area contributed by atoms with Gasteiger partial charge in [0.15, 0.2) is 0 Å². The Morgan fingerprint density at radius 2 is 1.71 bits per heavy atom. The van der Waals surface area contributed by atoms with Gasteiger partial charge in [-0.25, -0.2) is 4.98 Å². The number of unbranched alkanes of at least 4 members (excludes halogenated alkanes) is 3. The first-order valence-electron chi connectivity index (χ1n) is 7.09. The number of carbonyl (C=O) groups excluding carboxylic acids is 2. The third kappa shape index (κ3) is 6.89. The normalized spacial score (nSPS) is 12.2. The summed E-state index contributed by atoms with van der Waals surface area (Å²) < 4.78 is 0. The van der Waals surface area contributed by atoms with E-state index in [1.807, 2.05) is 0 Å². The second-order valence-electron chi connectivity index (χ2n) is 4.96. The molecule has 0 radical (unpaired) electrons. The number of carbonyl (C=O) groups is 2. The van der Waals surface area contributed by atoms with Gasteiger partial charge in [-0.2, -0.15) is 0 Å². The standard InChI is InChI=1S/C15H21NO2S3/c1-3-4-5-6-7-10(2)21-11-8-12(14(17)19)16-13(9-11)15(18)20/h8-10H,3-7H2,1-2H3,(H,17,19)(H,18,20). The molecular weight excluding hydrogens is 322 g/mol. The van der Waals surface area contributed by atoms with Crippen molar-refractivity contribution >= 4 is 47.3 Å². The van der Waals surface area contributed by atoms with Gasteiger partial charge in [0.2, 0.25) is 10.2 Å². The maximum atomic E-state index is 11.4. The van der Waals surface area contributed by atoms with Gasteiger partial charge in [0.05, 0.1) is 0 Å². The van der Waals surface area contributed by atoms with Crippen LogP contribution in [-0.2, 0) is 0 Å². The molecule has 0 spiro atoms. The summed E-state index contributed by atoms with van der Waals surface area (Å²) in [5.74, 6) is 0. The fraction of sp³-hybridized carbons (Fsp3) is 0.533. The highest BCUT2D eigenvalue weighted by molar-refractivity contribution is 8.00. The first-order chi connectivity index (χ1) is 9.93. The van der Waals surface area contributed by atoms with Gasteiger partial charge in [0.25, 0.3) is 0 Å². The van der Waals surface area contributed by atoms with Gasteiger partial charge in [-0.3, -0.25) is 9.59 Å². The maximum Gasteiger partial charge on any atom is 0.234 e. The summed E-state index contributed by atoms with van der Waals surface area (Å²) in [6, 6.07) is 3.37. The zero-order chi connectivity index (χ0) is 15.8. The Labute approximate surface area is 141 Å². The van der Waals surface area contributed by atoms with Crippen molar-refractivity contribution in [2.24, 2.45) is 0 Å². The highest BCUT2D eigenvalue weighted by Gasteiger charge is 2.13. The lowest BCUT2D eigenvalue weighted by Gasteiger charge is -2.12. The highest BCUT2D eigenvalue weighted by atomic mass is 32.2. The zero-order valence-electron chi connectivity index (χ0n) is 12.3. The van der Waals surface area contributed by atoms with E-state index in [1.54, 1.807) is 23.9 Å². The molecule has 0 N–H and O–H groups in total. The number of nitrogens with zero attached hydrogens (tertiary/aromatic N) is 1. The van der Waals surface area contributed by atoms with Crippen LogP contribution in [-0.4, -0.2) is 20.5 Å². The average Bonchev–Trinajstić information content (AvgIpc) is 2.43. The lowest BCUT2D eigenvalue weighted by atomic mass is 10.1. The Kier molecular flexibility index (Phi) is 8.44. The van der Waals surface area contributed by atoms with Gasteiger partial charge in [0, 0.05) is 10.1 Å². The number of thioether (sulfide) groups is 1. The lowest BCUT2D eigenvalue weighted by molar-refractivity contribution is 0.108. The van der Waals surface area contributed by atoms with Crippen LogP contribution in [0, 0.1) is 0 Å². The van der Waals surface area contributed by atoms with E-state index in [0.717, 1.165) is 11.3 Å². The molecule has 0 aliphatic carbocycles. The van der Waals surface area contributed by atoms with Crippen LogP contribution in [0.1, 0.15) is 66.9 Å². The maximum absolute atomic E-state index is 11.4. The summed E-state index contributed by atoms with van der Waals surface area (Å²) in [5, 5.41) is -0.456. The number of rotatable bonds is 9. The molecule has 1 aromatic heterocycles. The molecule has 0 saturated carbocycles. The molecule has 21 heavy (non-hydrogen) atoms. The highest BCUT2D eigenvalue weighted by Crippen LogP contribution is 2.28. The SMILES string of the molecule is CCCCCCC(C)Sc1cc(C(=O)S)nc(C(=O)S)c1. The molecule has 1 rings (SSSR count). The van der Waals surface area contributed by atoms with E-state index >= 15 is 0 Å². The average molecular weight is 344 g/mol. The second-order valence-corrected chi connectivity index (χ2v) is 7.29. The van der Waals surface area contributed by atoms with Crippen LogP contribution in [0.15, 0.2) is 17.0 Å². The lowest BCUT2D eigenvalue weighted by Crippen LogP contribution is -2.03. The number of hydrogen-bond donors (Lipinski definition) is 2. The van der Waals surface area contributed by atoms with Crippen molar-refractivity contribution in [1.29, 1.82) is 0 Å². The minimum Gasteiger partial charge on any atom is -0.280 e. The molecule has 1 aromatic rings. The van der Waals surface area contributed by atoms with Crippen LogP contribution in [0.25, 0.3) is 0 Å². The first kappa shape index (κ1) is 18.6. The molecule has 1 atom stereocenters. The molecule has 0 fully saturated rings. The molecule has 1 heterocycles. The first-order valence-corrected chi connectivity index (χ1v) is 8.86. The van der Waals surface area contributed by atoms with Crippen molar-refractivity contribution in [3.8, 4) is 0 Å². The molecule has 3 nitrogen and oxygen atoms in total. The van der Waals surface area contributed by atoms with Crippen LogP contribution in [0.5, 0.6) is 0 Å². The summed E-state index contributed by atoms with van der Waals surface area (Å²) in [6.45, 7) is 4.35. The third-order valence-electron chi connectivity index (χ3n) is 3.04. The van der Waals surface area contributed by atoms with Gasteiger partial charge in [-0.15, -0.1) is 11.8 Å². The molecule has 0 aliphatic heterocycles. The van der Waals surface area contributed by atoms with E-state index in [2.05, 4.69) is 44.1 Å². The van der Waals surface area contributed by atoms with E-state index in [4.69, 9.17) is 0 Å². The van der Waals surface area contributed by atoms with Crippen LogP contribution in [0.2, 0.25) is 0 Å². The van der Waals surface area contributed by atoms with Crippen LogP contribution in [0.3, 0.4) is 0 Å². The van der Waals surface area contributed by atoms with Gasteiger partial charge in [-0.05, 0) is 18.6 Å². The van der Waals surface area contributed by atoms with Crippen LogP contribution >= 0.6 is 37.0 Å². The van der Waals surface area contributed by atoms with E-state index in [9.17, 15) is 9.59 Å². The summed E-state index contributed by atoms with van der Waals surface area (Å²) in [7, 11) is 0. The molecule has 0 aromatic carbocycles. The largest absolute Gasteiger partial charge is 0.280 e. The van der Waals surface area contributed by atoms with Crippen molar-refractivity contribution in [3.63, 3.8) is 0 Å². The zero-order valence-corrected chi connectivity index (χ0v) is 14.9. The molecule has 6 heteroatoms. The van der Waals surface area contributed by atoms with Crippen molar-refractivity contribution in [3.05, 3.63) is 23.5 Å². The molecule has 1 unspecified atom stereocenters. The van der Waals surface area contributed by atoms with Crippen molar-refractivity contribution in [1.82, 2.24) is 4.98 Å². The predicted octanol–water partition coefficient (Wildman–Crippen LogP) is 4.67. The Morgan fingerprint density at radius 3 is 2.19 bits per heavy atom. The fourth-order valence-electron chi connectivity index (χ4n) is 1.94. The van der Waals surface area contributed by atoms with E-state index in [-0.39, 0.29) is 11.4 Å². The smallest absolute Gasteiger partial charge is 0.234 e. The Bertz CT molecular complexity index is 473. The van der Waals surface area contributed by atoms with Crippen molar-refractivity contribution < 1.29 is 9.59 Å². The van der Waals surface area contributed by atoms with Gasteiger partial charge >= 0.3 is 0 Å². The number of pyridine rings is 1. The minimum atomic E-state index is -0.441. The Morgan fingerprint density at radius 1 is 1.14 bits per heavy atom. The van der Waals surface area contributed by atoms with Gasteiger partial charge < -0.3 is 0 Å². The topological polar surface area (TPSA) is 47.0 Å². The van der Waals surface area contributed by atoms with E-state index in [1.165, 1.54) is 25.7 Å². The summed E-state index contributed by atoms with van der Waals surface area (Å²) >= 11 is 9.20. The molecule has 0 amide bonds. The summed E-state index contributed by atoms with van der Waals surface area (Å²) in [4.78, 5) is 27.5. The van der Waals surface area contributed by atoms with Crippen LogP contribution < -0.4 is 0 Å². The molecule has 0 saturated heterocycles. The fourth-order valence-corrected chi connectivity index (χ4v) is 3.28. The Hall–Kier alpha value is -0.460. The third-order valence-corrected chi connectivity index (χ3v) is 4.64. The molecule has 0 bridgehead atoms. The van der Waals surface area contributed by atoms with Crippen LogP contribution in [0.4, 0.5) is 0 Å². The molecular formula is C15H21NO2S3. The number of hydrogen-bond acceptors (Lipinski definition) is 4. The van der Waals surface area contributed by atoms with E-state index < -0.39 is 10.2 Å². The van der Waals surface area contributed by atoms with E-state index in [0.29, 0.717) is 5.25 Å². The minimum absolute atomic E-state index is 0.193. The quantitative estimate of drug-likeness (QED) is 0.388. The van der Waals surface area contributed by atoms with Gasteiger partial charge in [-0.1, -0.05) is 64.8 Å². The van der Waals surface area contributed by atoms with Gasteiger partial charge in [0.1, 0.15) is 11.4 Å².